The topological polar surface area (TPSA) is 92.3 Å². The highest BCUT2D eigenvalue weighted by atomic mass is 32.2. The number of benzene rings is 1. The van der Waals surface area contributed by atoms with Gasteiger partial charge in [-0.05, 0) is 68.2 Å². The summed E-state index contributed by atoms with van der Waals surface area (Å²) in [6.07, 6.45) is 9.31. The van der Waals surface area contributed by atoms with Crippen molar-refractivity contribution in [2.75, 3.05) is 0 Å². The summed E-state index contributed by atoms with van der Waals surface area (Å²) in [6.45, 7) is 0. The van der Waals surface area contributed by atoms with Gasteiger partial charge in [0.2, 0.25) is 20.0 Å². The van der Waals surface area contributed by atoms with Crippen LogP contribution in [0, 0.1) is 11.8 Å². The average molecular weight is 413 g/mol. The minimum Gasteiger partial charge on any atom is -0.208 e. The van der Waals surface area contributed by atoms with Gasteiger partial charge in [-0.3, -0.25) is 0 Å². The van der Waals surface area contributed by atoms with Crippen LogP contribution in [0.5, 0.6) is 0 Å². The molecule has 8 heteroatoms. The summed E-state index contributed by atoms with van der Waals surface area (Å²) in [6, 6.07) is 5.56. The van der Waals surface area contributed by atoms with E-state index in [1.807, 2.05) is 0 Å². The van der Waals surface area contributed by atoms with E-state index in [1.54, 1.807) is 0 Å². The van der Waals surface area contributed by atoms with Gasteiger partial charge in [0.1, 0.15) is 0 Å². The second-order valence-electron chi connectivity index (χ2n) is 8.33. The van der Waals surface area contributed by atoms with Crippen molar-refractivity contribution in [3.05, 3.63) is 24.3 Å². The van der Waals surface area contributed by atoms with E-state index in [4.69, 9.17) is 0 Å². The molecule has 3 aliphatic carbocycles. The molecule has 3 saturated carbocycles. The molecule has 0 heterocycles. The molecule has 0 saturated heterocycles. The van der Waals surface area contributed by atoms with Gasteiger partial charge in [-0.2, -0.15) is 0 Å². The first-order chi connectivity index (χ1) is 12.8. The fourth-order valence-electron chi connectivity index (χ4n) is 4.96. The number of nitrogens with one attached hydrogen (secondary N) is 2. The molecule has 0 radical (unpaired) electrons. The maximum Gasteiger partial charge on any atom is 0.240 e. The lowest BCUT2D eigenvalue weighted by Gasteiger charge is -2.23. The fourth-order valence-corrected chi connectivity index (χ4v) is 7.58. The highest BCUT2D eigenvalue weighted by molar-refractivity contribution is 7.90. The molecule has 6 nitrogen and oxygen atoms in total. The molecule has 1 aromatic rings. The Balaban J connectivity index is 1.44. The van der Waals surface area contributed by atoms with Crippen molar-refractivity contribution < 1.29 is 16.8 Å². The van der Waals surface area contributed by atoms with Gasteiger partial charge in [-0.25, -0.2) is 26.3 Å². The predicted molar refractivity (Wildman–Crippen MR) is 103 cm³/mol. The summed E-state index contributed by atoms with van der Waals surface area (Å²) in [5, 5.41) is 0. The van der Waals surface area contributed by atoms with Crippen molar-refractivity contribution in [2.45, 2.75) is 79.7 Å². The van der Waals surface area contributed by atoms with Crippen molar-refractivity contribution in [1.82, 2.24) is 9.44 Å². The van der Waals surface area contributed by atoms with Crippen LogP contribution < -0.4 is 9.44 Å². The Bertz CT molecular complexity index is 875. The monoisotopic (exact) mass is 412 g/mol. The zero-order valence-corrected chi connectivity index (χ0v) is 17.1. The van der Waals surface area contributed by atoms with Crippen LogP contribution in [0.3, 0.4) is 0 Å². The summed E-state index contributed by atoms with van der Waals surface area (Å²) in [4.78, 5) is 0.244. The number of hydrogen-bond donors (Lipinski definition) is 2. The third-order valence-electron chi connectivity index (χ3n) is 6.42. The maximum absolute atomic E-state index is 12.7. The molecule has 27 heavy (non-hydrogen) atoms. The van der Waals surface area contributed by atoms with Crippen LogP contribution in [0.4, 0.5) is 0 Å². The zero-order valence-electron chi connectivity index (χ0n) is 15.4. The van der Waals surface area contributed by atoms with Crippen molar-refractivity contribution in [2.24, 2.45) is 11.8 Å². The van der Waals surface area contributed by atoms with E-state index in [9.17, 15) is 16.8 Å². The van der Waals surface area contributed by atoms with E-state index in [0.29, 0.717) is 11.8 Å². The number of rotatable bonds is 6. The molecule has 3 aliphatic rings. The van der Waals surface area contributed by atoms with Gasteiger partial charge in [0.15, 0.2) is 0 Å². The first-order valence-electron chi connectivity index (χ1n) is 9.98. The molecule has 0 aromatic heterocycles. The number of fused-ring (bicyclic) bond motifs is 2. The van der Waals surface area contributed by atoms with Gasteiger partial charge in [-0.15, -0.1) is 0 Å². The van der Waals surface area contributed by atoms with Crippen LogP contribution in [0.15, 0.2) is 34.1 Å². The lowest BCUT2D eigenvalue weighted by atomic mass is 9.96. The molecule has 0 aliphatic heterocycles. The zero-order chi connectivity index (χ0) is 19.1. The smallest absolute Gasteiger partial charge is 0.208 e. The van der Waals surface area contributed by atoms with E-state index < -0.39 is 20.0 Å². The van der Waals surface area contributed by atoms with E-state index in [1.165, 1.54) is 30.7 Å². The second kappa shape index (κ2) is 7.46. The van der Waals surface area contributed by atoms with Crippen molar-refractivity contribution in [1.29, 1.82) is 0 Å². The van der Waals surface area contributed by atoms with Gasteiger partial charge >= 0.3 is 0 Å². The lowest BCUT2D eigenvalue weighted by molar-refractivity contribution is 0.390. The van der Waals surface area contributed by atoms with E-state index in [-0.39, 0.29) is 21.9 Å². The fraction of sp³-hybridized carbons (Fsp3) is 0.684. The van der Waals surface area contributed by atoms with E-state index in [2.05, 4.69) is 9.44 Å². The molecule has 2 N–H and O–H groups in total. The van der Waals surface area contributed by atoms with Crippen LogP contribution >= 0.6 is 0 Å². The predicted octanol–water partition coefficient (Wildman–Crippen LogP) is 2.76. The quantitative estimate of drug-likeness (QED) is 0.751. The summed E-state index contributed by atoms with van der Waals surface area (Å²) < 4.78 is 56.0. The summed E-state index contributed by atoms with van der Waals surface area (Å²) in [7, 11) is -7.24. The van der Waals surface area contributed by atoms with Crippen LogP contribution in [-0.4, -0.2) is 28.9 Å². The largest absolute Gasteiger partial charge is 0.240 e. The van der Waals surface area contributed by atoms with Crippen LogP contribution in [0.1, 0.15) is 57.8 Å². The Morgan fingerprint density at radius 3 is 1.81 bits per heavy atom. The molecule has 0 spiro atoms. The Hall–Kier alpha value is -0.960. The molecule has 0 amide bonds. The highest BCUT2D eigenvalue weighted by Crippen LogP contribution is 2.44. The van der Waals surface area contributed by atoms with Crippen molar-refractivity contribution in [3.63, 3.8) is 0 Å². The van der Waals surface area contributed by atoms with Gasteiger partial charge in [0, 0.05) is 12.1 Å². The molecule has 2 bridgehead atoms. The Morgan fingerprint density at radius 1 is 0.704 bits per heavy atom. The van der Waals surface area contributed by atoms with Gasteiger partial charge < -0.3 is 0 Å². The second-order valence-corrected chi connectivity index (χ2v) is 11.8. The third-order valence-corrected chi connectivity index (χ3v) is 9.46. The summed E-state index contributed by atoms with van der Waals surface area (Å²) in [5.74, 6) is 1.10. The normalized spacial score (nSPS) is 29.3. The summed E-state index contributed by atoms with van der Waals surface area (Å²) in [5.41, 5.74) is 0. The van der Waals surface area contributed by atoms with Gasteiger partial charge in [-0.1, -0.05) is 25.7 Å². The van der Waals surface area contributed by atoms with Crippen molar-refractivity contribution in [3.8, 4) is 0 Å². The van der Waals surface area contributed by atoms with Crippen LogP contribution in [-0.2, 0) is 20.0 Å². The van der Waals surface area contributed by atoms with Gasteiger partial charge in [0.25, 0.3) is 0 Å². The van der Waals surface area contributed by atoms with Crippen LogP contribution in [0.25, 0.3) is 0 Å². The SMILES string of the molecule is O=S(=O)(NC1CCCCC1)c1ccc(S(=O)(=O)NC2CC3CCC2C3)cc1. The molecule has 4 rings (SSSR count). The minimum atomic E-state index is -3.62. The lowest BCUT2D eigenvalue weighted by Crippen LogP contribution is -2.38. The molecule has 1 aromatic carbocycles. The Morgan fingerprint density at radius 2 is 1.30 bits per heavy atom. The molecule has 3 atom stereocenters. The van der Waals surface area contributed by atoms with Gasteiger partial charge in [0.05, 0.1) is 9.79 Å². The van der Waals surface area contributed by atoms with E-state index >= 15 is 0 Å². The highest BCUT2D eigenvalue weighted by Gasteiger charge is 2.41. The minimum absolute atomic E-state index is 0.0186. The maximum atomic E-state index is 12.7. The van der Waals surface area contributed by atoms with Crippen LogP contribution in [0.2, 0.25) is 0 Å². The first kappa shape index (κ1) is 19.4. The van der Waals surface area contributed by atoms with Crippen molar-refractivity contribution >= 4 is 20.0 Å². The molecular weight excluding hydrogens is 384 g/mol. The standard InChI is InChI=1S/C19H28N2O4S2/c22-26(23,20-16-4-2-1-3-5-16)17-8-10-18(11-9-17)27(24,25)21-19-13-14-6-7-15(19)12-14/h8-11,14-16,19-21H,1-7,12-13H2. The number of sulfonamides is 2. The molecule has 3 unspecified atom stereocenters. The average Bonchev–Trinajstić information content (AvgIpc) is 3.25. The number of hydrogen-bond acceptors (Lipinski definition) is 4. The van der Waals surface area contributed by atoms with E-state index in [0.717, 1.165) is 51.4 Å². The molecule has 150 valence electrons. The molecular formula is C19H28N2O4S2. The Kier molecular flexibility index (Phi) is 5.35. The molecule has 3 fully saturated rings. The Labute approximate surface area is 162 Å². The first-order valence-corrected chi connectivity index (χ1v) is 12.9. The third kappa shape index (κ3) is 4.23. The summed E-state index contributed by atoms with van der Waals surface area (Å²) >= 11 is 0.